The number of aliphatic carboxylic acids is 2. The minimum Gasteiger partial charge on any atom is -0.481 e. The van der Waals surface area contributed by atoms with Gasteiger partial charge >= 0.3 is 11.9 Å². The van der Waals surface area contributed by atoms with Gasteiger partial charge in [0.2, 0.25) is 0 Å². The lowest BCUT2D eigenvalue weighted by atomic mass is 10.1. The molecule has 104 valence electrons. The van der Waals surface area contributed by atoms with E-state index in [2.05, 4.69) is 0 Å². The molecule has 1 rings (SSSR count). The second-order valence-electron chi connectivity index (χ2n) is 4.28. The van der Waals surface area contributed by atoms with E-state index in [0.29, 0.717) is 10.7 Å². The highest BCUT2D eigenvalue weighted by Gasteiger charge is 2.22. The van der Waals surface area contributed by atoms with Gasteiger partial charge in [0, 0.05) is 17.3 Å². The molecule has 1 atom stereocenters. The minimum absolute atomic E-state index is 0.113. The normalized spacial score (nSPS) is 11.9. The SMILES string of the molecule is Cc1ccc(N(CCC(=O)O)C(C)C(=O)O)cc1Cl. The molecule has 0 heterocycles. The zero-order valence-corrected chi connectivity index (χ0v) is 11.5. The van der Waals surface area contributed by atoms with Crippen LogP contribution in [0.4, 0.5) is 5.69 Å². The number of halogens is 1. The number of hydrogen-bond donors (Lipinski definition) is 2. The number of aryl methyl sites for hydroxylation is 1. The number of rotatable bonds is 6. The Morgan fingerprint density at radius 2 is 2.00 bits per heavy atom. The van der Waals surface area contributed by atoms with Crippen molar-refractivity contribution < 1.29 is 19.8 Å². The zero-order chi connectivity index (χ0) is 14.6. The van der Waals surface area contributed by atoms with E-state index >= 15 is 0 Å². The summed E-state index contributed by atoms with van der Waals surface area (Å²) in [5.41, 5.74) is 1.48. The summed E-state index contributed by atoms with van der Waals surface area (Å²) >= 11 is 6.01. The van der Waals surface area contributed by atoms with Crippen molar-refractivity contribution in [1.82, 2.24) is 0 Å². The van der Waals surface area contributed by atoms with Crippen molar-refractivity contribution in [3.63, 3.8) is 0 Å². The molecule has 0 aromatic heterocycles. The molecule has 0 saturated heterocycles. The number of hydrogen-bond acceptors (Lipinski definition) is 3. The number of carboxylic acid groups (broad SMARTS) is 2. The molecule has 0 spiro atoms. The average molecular weight is 286 g/mol. The van der Waals surface area contributed by atoms with E-state index in [0.717, 1.165) is 5.56 Å². The van der Waals surface area contributed by atoms with Crippen LogP contribution >= 0.6 is 11.6 Å². The Labute approximate surface area is 116 Å². The van der Waals surface area contributed by atoms with Crippen molar-refractivity contribution in [3.8, 4) is 0 Å². The summed E-state index contributed by atoms with van der Waals surface area (Å²) in [5.74, 6) is -1.98. The van der Waals surface area contributed by atoms with Crippen molar-refractivity contribution in [2.45, 2.75) is 26.3 Å². The molecule has 0 fully saturated rings. The monoisotopic (exact) mass is 285 g/mol. The van der Waals surface area contributed by atoms with E-state index in [4.69, 9.17) is 21.8 Å². The van der Waals surface area contributed by atoms with Gasteiger partial charge in [0.15, 0.2) is 0 Å². The molecule has 2 N–H and O–H groups in total. The van der Waals surface area contributed by atoms with Gasteiger partial charge in [0.05, 0.1) is 6.42 Å². The summed E-state index contributed by atoms with van der Waals surface area (Å²) in [4.78, 5) is 23.3. The molecule has 0 aliphatic heterocycles. The number of carboxylic acids is 2. The van der Waals surface area contributed by atoms with Crippen LogP contribution in [-0.4, -0.2) is 34.7 Å². The molecule has 0 aliphatic rings. The van der Waals surface area contributed by atoms with Gasteiger partial charge < -0.3 is 15.1 Å². The maximum atomic E-state index is 11.1. The second-order valence-corrected chi connectivity index (χ2v) is 4.69. The molecule has 0 aliphatic carbocycles. The second kappa shape index (κ2) is 6.43. The topological polar surface area (TPSA) is 77.8 Å². The molecule has 1 unspecified atom stereocenters. The van der Waals surface area contributed by atoms with Crippen LogP contribution in [0.5, 0.6) is 0 Å². The summed E-state index contributed by atoms with van der Waals surface area (Å²) in [6.45, 7) is 3.47. The summed E-state index contributed by atoms with van der Waals surface area (Å²) < 4.78 is 0. The van der Waals surface area contributed by atoms with Gasteiger partial charge in [-0.05, 0) is 31.5 Å². The molecule has 1 aromatic rings. The van der Waals surface area contributed by atoms with E-state index in [1.807, 2.05) is 6.92 Å². The number of benzene rings is 1. The first-order valence-electron chi connectivity index (χ1n) is 5.80. The fraction of sp³-hybridized carbons (Fsp3) is 0.385. The highest BCUT2D eigenvalue weighted by atomic mass is 35.5. The lowest BCUT2D eigenvalue weighted by Gasteiger charge is -2.28. The molecular weight excluding hydrogens is 270 g/mol. The van der Waals surface area contributed by atoms with Crippen molar-refractivity contribution in [1.29, 1.82) is 0 Å². The maximum absolute atomic E-state index is 11.1. The van der Waals surface area contributed by atoms with E-state index in [9.17, 15) is 9.59 Å². The van der Waals surface area contributed by atoms with Gasteiger partial charge in [-0.25, -0.2) is 4.79 Å². The molecule has 0 radical (unpaired) electrons. The fourth-order valence-electron chi connectivity index (χ4n) is 1.66. The van der Waals surface area contributed by atoms with Crippen LogP contribution in [0.15, 0.2) is 18.2 Å². The van der Waals surface area contributed by atoms with Crippen molar-refractivity contribution in [3.05, 3.63) is 28.8 Å². The predicted molar refractivity (Wildman–Crippen MR) is 72.9 cm³/mol. The van der Waals surface area contributed by atoms with Gasteiger partial charge in [-0.15, -0.1) is 0 Å². The third kappa shape index (κ3) is 4.13. The molecule has 0 bridgehead atoms. The Morgan fingerprint density at radius 3 is 2.47 bits per heavy atom. The lowest BCUT2D eigenvalue weighted by molar-refractivity contribution is -0.139. The largest absolute Gasteiger partial charge is 0.481 e. The Bertz CT molecular complexity index is 490. The fourth-order valence-corrected chi connectivity index (χ4v) is 1.83. The Morgan fingerprint density at radius 1 is 1.37 bits per heavy atom. The van der Waals surface area contributed by atoms with Crippen molar-refractivity contribution in [2.24, 2.45) is 0 Å². The molecule has 0 saturated carbocycles. The average Bonchev–Trinajstić information content (AvgIpc) is 2.33. The van der Waals surface area contributed by atoms with E-state index in [1.54, 1.807) is 18.2 Å². The van der Waals surface area contributed by atoms with E-state index in [1.165, 1.54) is 11.8 Å². The Hall–Kier alpha value is -1.75. The first-order chi connectivity index (χ1) is 8.82. The smallest absolute Gasteiger partial charge is 0.326 e. The molecule has 0 amide bonds. The van der Waals surface area contributed by atoms with Crippen LogP contribution in [0, 0.1) is 6.92 Å². The van der Waals surface area contributed by atoms with Gasteiger partial charge in [0.1, 0.15) is 6.04 Å². The number of carbonyl (C=O) groups is 2. The highest BCUT2D eigenvalue weighted by Crippen LogP contribution is 2.25. The summed E-state index contributed by atoms with van der Waals surface area (Å²) in [5, 5.41) is 18.3. The van der Waals surface area contributed by atoms with Gasteiger partial charge in [-0.3, -0.25) is 4.79 Å². The summed E-state index contributed by atoms with van der Waals surface area (Å²) in [6.07, 6.45) is -0.136. The predicted octanol–water partition coefficient (Wildman–Crippen LogP) is 2.40. The zero-order valence-electron chi connectivity index (χ0n) is 10.8. The van der Waals surface area contributed by atoms with Crippen LogP contribution < -0.4 is 4.90 Å². The third-order valence-corrected chi connectivity index (χ3v) is 3.29. The molecule has 5 nitrogen and oxygen atoms in total. The van der Waals surface area contributed by atoms with Gasteiger partial charge in [-0.1, -0.05) is 17.7 Å². The first kappa shape index (κ1) is 15.3. The number of nitrogens with zero attached hydrogens (tertiary/aromatic N) is 1. The third-order valence-electron chi connectivity index (χ3n) is 2.88. The summed E-state index contributed by atoms with van der Waals surface area (Å²) in [7, 11) is 0. The first-order valence-corrected chi connectivity index (χ1v) is 6.18. The van der Waals surface area contributed by atoms with E-state index in [-0.39, 0.29) is 13.0 Å². The van der Waals surface area contributed by atoms with Crippen LogP contribution in [0.3, 0.4) is 0 Å². The molecule has 6 heteroatoms. The van der Waals surface area contributed by atoms with Crippen molar-refractivity contribution in [2.75, 3.05) is 11.4 Å². The molecular formula is C13H16ClNO4. The Kier molecular flexibility index (Phi) is 5.18. The maximum Gasteiger partial charge on any atom is 0.326 e. The van der Waals surface area contributed by atoms with Crippen molar-refractivity contribution >= 4 is 29.2 Å². The van der Waals surface area contributed by atoms with E-state index < -0.39 is 18.0 Å². The quantitative estimate of drug-likeness (QED) is 0.839. The Balaban J connectivity index is 3.03. The standard InChI is InChI=1S/C13H16ClNO4/c1-8-3-4-10(7-11(8)14)15(6-5-12(16)17)9(2)13(18)19/h3-4,7,9H,5-6H2,1-2H3,(H,16,17)(H,18,19). The summed E-state index contributed by atoms with van der Waals surface area (Å²) in [6, 6.07) is 4.35. The van der Waals surface area contributed by atoms with Crippen LogP contribution in [0.2, 0.25) is 5.02 Å². The lowest BCUT2D eigenvalue weighted by Crippen LogP contribution is -2.40. The molecule has 1 aromatic carbocycles. The number of anilines is 1. The highest BCUT2D eigenvalue weighted by molar-refractivity contribution is 6.31. The molecule has 19 heavy (non-hydrogen) atoms. The minimum atomic E-state index is -1.01. The van der Waals surface area contributed by atoms with Crippen LogP contribution in [0.25, 0.3) is 0 Å². The van der Waals surface area contributed by atoms with Crippen LogP contribution in [0.1, 0.15) is 18.9 Å². The van der Waals surface area contributed by atoms with Gasteiger partial charge in [-0.2, -0.15) is 0 Å². The van der Waals surface area contributed by atoms with Crippen LogP contribution in [-0.2, 0) is 9.59 Å². The van der Waals surface area contributed by atoms with Gasteiger partial charge in [0.25, 0.3) is 0 Å².